The Morgan fingerprint density at radius 2 is 1.89 bits per heavy atom. The Morgan fingerprint density at radius 1 is 1.07 bits per heavy atom. The molecular formula is C21H18N4O2S. The molecule has 0 atom stereocenters. The Kier molecular flexibility index (Phi) is 5.25. The number of amides is 2. The third kappa shape index (κ3) is 4.69. The van der Waals surface area contributed by atoms with Gasteiger partial charge >= 0.3 is 0 Å². The third-order valence-electron chi connectivity index (χ3n) is 4.17. The highest BCUT2D eigenvalue weighted by molar-refractivity contribution is 7.14. The van der Waals surface area contributed by atoms with E-state index in [2.05, 4.69) is 20.6 Å². The molecule has 2 heterocycles. The van der Waals surface area contributed by atoms with Gasteiger partial charge in [-0.15, -0.1) is 11.3 Å². The van der Waals surface area contributed by atoms with Crippen LogP contribution in [0.5, 0.6) is 0 Å². The van der Waals surface area contributed by atoms with Crippen LogP contribution in [0.3, 0.4) is 0 Å². The second kappa shape index (κ2) is 8.14. The molecule has 140 valence electrons. The standard InChI is InChI=1S/C21H18N4O2S/c26-19(25-21-24-18(13-28-21)17-3-1-2-12-22-17)11-6-14-4-7-15(8-5-14)20(27)23-16-9-10-16/h1-8,11-13,16H,9-10H2,(H,23,27)(H,24,25,26)/b11-6+. The number of anilines is 1. The summed E-state index contributed by atoms with van der Waals surface area (Å²) in [7, 11) is 0. The summed E-state index contributed by atoms with van der Waals surface area (Å²) >= 11 is 1.35. The first kappa shape index (κ1) is 18.1. The fraction of sp³-hybridized carbons (Fsp3) is 0.143. The number of aromatic nitrogens is 2. The lowest BCUT2D eigenvalue weighted by Gasteiger charge is -2.03. The minimum atomic E-state index is -0.266. The number of pyridine rings is 1. The summed E-state index contributed by atoms with van der Waals surface area (Å²) in [5, 5.41) is 8.07. The summed E-state index contributed by atoms with van der Waals surface area (Å²) in [5.74, 6) is -0.319. The highest BCUT2D eigenvalue weighted by Crippen LogP contribution is 2.23. The lowest BCUT2D eigenvalue weighted by molar-refractivity contribution is -0.111. The number of nitrogens with zero attached hydrogens (tertiary/aromatic N) is 2. The average molecular weight is 390 g/mol. The summed E-state index contributed by atoms with van der Waals surface area (Å²) in [6, 6.07) is 13.1. The Bertz CT molecular complexity index is 1010. The minimum absolute atomic E-state index is 0.0525. The van der Waals surface area contributed by atoms with Crippen LogP contribution in [-0.4, -0.2) is 27.8 Å². The fourth-order valence-corrected chi connectivity index (χ4v) is 3.23. The maximum atomic E-state index is 12.1. The van der Waals surface area contributed by atoms with Gasteiger partial charge in [-0.25, -0.2) is 4.98 Å². The van der Waals surface area contributed by atoms with Gasteiger partial charge < -0.3 is 5.32 Å². The predicted molar refractivity (Wildman–Crippen MR) is 110 cm³/mol. The monoisotopic (exact) mass is 390 g/mol. The molecular weight excluding hydrogens is 372 g/mol. The van der Waals surface area contributed by atoms with Gasteiger partial charge in [-0.05, 0) is 48.7 Å². The lowest BCUT2D eigenvalue weighted by Crippen LogP contribution is -2.25. The molecule has 1 aliphatic rings. The molecule has 2 amide bonds. The van der Waals surface area contributed by atoms with Gasteiger partial charge in [0.05, 0.1) is 5.69 Å². The molecule has 2 aromatic heterocycles. The summed E-state index contributed by atoms with van der Waals surface area (Å²) in [6.45, 7) is 0. The minimum Gasteiger partial charge on any atom is -0.349 e. The van der Waals surface area contributed by atoms with E-state index in [-0.39, 0.29) is 11.8 Å². The number of nitrogens with one attached hydrogen (secondary N) is 2. The van der Waals surface area contributed by atoms with Gasteiger partial charge in [0.15, 0.2) is 5.13 Å². The predicted octanol–water partition coefficient (Wildman–Crippen LogP) is 3.75. The zero-order valence-electron chi connectivity index (χ0n) is 15.0. The highest BCUT2D eigenvalue weighted by Gasteiger charge is 2.23. The van der Waals surface area contributed by atoms with Crippen LogP contribution in [-0.2, 0) is 4.79 Å². The van der Waals surface area contributed by atoms with Crippen molar-refractivity contribution < 1.29 is 9.59 Å². The van der Waals surface area contributed by atoms with Crippen LogP contribution < -0.4 is 10.6 Å². The molecule has 28 heavy (non-hydrogen) atoms. The van der Waals surface area contributed by atoms with Crippen molar-refractivity contribution in [2.24, 2.45) is 0 Å². The Hall–Kier alpha value is -3.32. The molecule has 0 bridgehead atoms. The molecule has 1 aromatic carbocycles. The van der Waals surface area contributed by atoms with Gasteiger partial charge in [-0.2, -0.15) is 0 Å². The molecule has 0 spiro atoms. The van der Waals surface area contributed by atoms with Crippen LogP contribution in [0, 0.1) is 0 Å². The Balaban J connectivity index is 1.34. The van der Waals surface area contributed by atoms with Gasteiger partial charge in [0.25, 0.3) is 5.91 Å². The first-order valence-electron chi connectivity index (χ1n) is 8.94. The van der Waals surface area contributed by atoms with Crippen LogP contribution in [0.2, 0.25) is 0 Å². The maximum absolute atomic E-state index is 12.1. The molecule has 0 saturated heterocycles. The van der Waals surface area contributed by atoms with Crippen molar-refractivity contribution in [2.45, 2.75) is 18.9 Å². The van der Waals surface area contributed by atoms with Gasteiger partial charge in [0.2, 0.25) is 5.91 Å². The second-order valence-electron chi connectivity index (χ2n) is 6.45. The number of hydrogen-bond acceptors (Lipinski definition) is 5. The van der Waals surface area contributed by atoms with E-state index in [1.54, 1.807) is 24.4 Å². The van der Waals surface area contributed by atoms with Gasteiger partial charge in [-0.1, -0.05) is 18.2 Å². The summed E-state index contributed by atoms with van der Waals surface area (Å²) in [6.07, 6.45) is 6.97. The zero-order valence-corrected chi connectivity index (χ0v) is 15.8. The number of hydrogen-bond donors (Lipinski definition) is 2. The van der Waals surface area contributed by atoms with Crippen molar-refractivity contribution in [3.63, 3.8) is 0 Å². The number of benzene rings is 1. The van der Waals surface area contributed by atoms with Crippen molar-refractivity contribution in [1.29, 1.82) is 0 Å². The summed E-state index contributed by atoms with van der Waals surface area (Å²) < 4.78 is 0. The molecule has 0 unspecified atom stereocenters. The molecule has 2 N–H and O–H groups in total. The fourth-order valence-electron chi connectivity index (χ4n) is 2.52. The van der Waals surface area contributed by atoms with Gasteiger partial charge in [0, 0.05) is 29.3 Å². The van der Waals surface area contributed by atoms with Crippen LogP contribution in [0.1, 0.15) is 28.8 Å². The van der Waals surface area contributed by atoms with Crippen LogP contribution in [0.25, 0.3) is 17.5 Å². The second-order valence-corrected chi connectivity index (χ2v) is 7.30. The van der Waals surface area contributed by atoms with E-state index in [1.807, 2.05) is 35.7 Å². The number of rotatable bonds is 6. The van der Waals surface area contributed by atoms with Gasteiger partial charge in [0.1, 0.15) is 5.69 Å². The molecule has 1 aliphatic carbocycles. The van der Waals surface area contributed by atoms with Crippen molar-refractivity contribution in [1.82, 2.24) is 15.3 Å². The third-order valence-corrected chi connectivity index (χ3v) is 4.93. The van der Waals surface area contributed by atoms with Crippen molar-refractivity contribution in [2.75, 3.05) is 5.32 Å². The number of carbonyl (C=O) groups is 2. The molecule has 0 aliphatic heterocycles. The first-order valence-corrected chi connectivity index (χ1v) is 9.82. The van der Waals surface area contributed by atoms with Gasteiger partial charge in [-0.3, -0.25) is 19.9 Å². The van der Waals surface area contributed by atoms with E-state index in [4.69, 9.17) is 0 Å². The molecule has 4 rings (SSSR count). The lowest BCUT2D eigenvalue weighted by atomic mass is 10.1. The highest BCUT2D eigenvalue weighted by atomic mass is 32.1. The van der Waals surface area contributed by atoms with E-state index in [9.17, 15) is 9.59 Å². The molecule has 1 saturated carbocycles. The quantitative estimate of drug-likeness (QED) is 0.628. The number of thiazole rings is 1. The Morgan fingerprint density at radius 3 is 2.61 bits per heavy atom. The van der Waals surface area contributed by atoms with Crippen LogP contribution >= 0.6 is 11.3 Å². The molecule has 0 radical (unpaired) electrons. The summed E-state index contributed by atoms with van der Waals surface area (Å²) in [5.41, 5.74) is 2.95. The van der Waals surface area contributed by atoms with E-state index >= 15 is 0 Å². The van der Waals surface area contributed by atoms with Crippen LogP contribution in [0.15, 0.2) is 60.1 Å². The number of carbonyl (C=O) groups excluding carboxylic acids is 2. The van der Waals surface area contributed by atoms with Crippen molar-refractivity contribution >= 4 is 34.4 Å². The van der Waals surface area contributed by atoms with Crippen LogP contribution in [0.4, 0.5) is 5.13 Å². The Labute approximate surface area is 166 Å². The molecule has 3 aromatic rings. The van der Waals surface area contributed by atoms with E-state index in [0.717, 1.165) is 29.8 Å². The first-order chi connectivity index (χ1) is 13.7. The zero-order chi connectivity index (χ0) is 19.3. The van der Waals surface area contributed by atoms with Crippen molar-refractivity contribution in [3.05, 3.63) is 71.2 Å². The smallest absolute Gasteiger partial charge is 0.251 e. The topological polar surface area (TPSA) is 84.0 Å². The maximum Gasteiger partial charge on any atom is 0.251 e. The summed E-state index contributed by atoms with van der Waals surface area (Å²) in [4.78, 5) is 32.7. The van der Waals surface area contributed by atoms with E-state index < -0.39 is 0 Å². The van der Waals surface area contributed by atoms with Crippen molar-refractivity contribution in [3.8, 4) is 11.4 Å². The average Bonchev–Trinajstić information content (AvgIpc) is 3.42. The molecule has 7 heteroatoms. The van der Waals surface area contributed by atoms with E-state index in [1.165, 1.54) is 17.4 Å². The SMILES string of the molecule is O=C(/C=C/c1ccc(C(=O)NC2CC2)cc1)Nc1nc(-c2ccccn2)cs1. The molecule has 6 nitrogen and oxygen atoms in total. The van der Waals surface area contributed by atoms with E-state index in [0.29, 0.717) is 16.7 Å². The normalized spacial score (nSPS) is 13.4. The largest absolute Gasteiger partial charge is 0.349 e. The molecule has 1 fully saturated rings.